The molecule has 0 bridgehead atoms. The summed E-state index contributed by atoms with van der Waals surface area (Å²) in [4.78, 5) is 12.4. The molecule has 0 spiro atoms. The third-order valence-corrected chi connectivity index (χ3v) is 5.13. The summed E-state index contributed by atoms with van der Waals surface area (Å²) in [6, 6.07) is 12.2. The van der Waals surface area contributed by atoms with E-state index < -0.39 is 10.0 Å². The van der Waals surface area contributed by atoms with Gasteiger partial charge in [-0.05, 0) is 49.7 Å². The van der Waals surface area contributed by atoms with Crippen LogP contribution in [0.3, 0.4) is 0 Å². The molecule has 0 atom stereocenters. The number of nitrogens with one attached hydrogen (secondary N) is 2. The molecule has 0 unspecified atom stereocenters. The van der Waals surface area contributed by atoms with Crippen LogP contribution in [0, 0.1) is 0 Å². The van der Waals surface area contributed by atoms with Gasteiger partial charge < -0.3 is 10.1 Å². The second-order valence-electron chi connectivity index (χ2n) is 5.41. The molecule has 140 valence electrons. The number of halogens is 1. The fourth-order valence-electron chi connectivity index (χ4n) is 2.20. The maximum atomic E-state index is 12.5. The van der Waals surface area contributed by atoms with E-state index in [-0.39, 0.29) is 22.1 Å². The standard InChI is InChI=1S/C18H21ClN2O4S/c1-2-25-13-5-12-20-18(22)16-6-3-4-7-17(16)21-26(23,24)15-10-8-14(19)9-11-15/h3-4,6-11,21H,2,5,12-13H2,1H3,(H,20,22). The first-order valence-corrected chi connectivity index (χ1v) is 10.0. The smallest absolute Gasteiger partial charge is 0.261 e. The van der Waals surface area contributed by atoms with Gasteiger partial charge in [0, 0.05) is 24.8 Å². The number of rotatable bonds is 9. The third-order valence-electron chi connectivity index (χ3n) is 3.50. The van der Waals surface area contributed by atoms with E-state index in [0.717, 1.165) is 0 Å². The van der Waals surface area contributed by atoms with E-state index in [0.29, 0.717) is 31.2 Å². The van der Waals surface area contributed by atoms with Crippen LogP contribution >= 0.6 is 11.6 Å². The van der Waals surface area contributed by atoms with Crippen molar-refractivity contribution in [3.05, 3.63) is 59.1 Å². The fourth-order valence-corrected chi connectivity index (χ4v) is 3.41. The Morgan fingerprint density at radius 2 is 1.81 bits per heavy atom. The number of hydrogen-bond donors (Lipinski definition) is 2. The van der Waals surface area contributed by atoms with Crippen LogP contribution in [-0.4, -0.2) is 34.1 Å². The Bertz CT molecular complexity index is 839. The highest BCUT2D eigenvalue weighted by atomic mass is 35.5. The van der Waals surface area contributed by atoms with Gasteiger partial charge in [0.15, 0.2) is 0 Å². The largest absolute Gasteiger partial charge is 0.382 e. The minimum absolute atomic E-state index is 0.0637. The van der Waals surface area contributed by atoms with Crippen LogP contribution in [0.2, 0.25) is 5.02 Å². The maximum Gasteiger partial charge on any atom is 0.261 e. The molecule has 6 nitrogen and oxygen atoms in total. The number of hydrogen-bond acceptors (Lipinski definition) is 4. The molecule has 0 aromatic heterocycles. The van der Waals surface area contributed by atoms with Gasteiger partial charge in [-0.1, -0.05) is 23.7 Å². The second kappa shape index (κ2) is 9.56. The van der Waals surface area contributed by atoms with Gasteiger partial charge in [0.2, 0.25) is 0 Å². The lowest BCUT2D eigenvalue weighted by Crippen LogP contribution is -2.26. The second-order valence-corrected chi connectivity index (χ2v) is 7.53. The Kier molecular flexibility index (Phi) is 7.44. The number of carbonyl (C=O) groups is 1. The van der Waals surface area contributed by atoms with Gasteiger partial charge in [0.1, 0.15) is 0 Å². The number of amides is 1. The summed E-state index contributed by atoms with van der Waals surface area (Å²) >= 11 is 5.79. The Balaban J connectivity index is 2.10. The number of carbonyl (C=O) groups excluding carboxylic acids is 1. The maximum absolute atomic E-state index is 12.5. The SMILES string of the molecule is CCOCCCNC(=O)c1ccccc1NS(=O)(=O)c1ccc(Cl)cc1. The van der Waals surface area contributed by atoms with Crippen molar-refractivity contribution >= 4 is 33.2 Å². The molecule has 1 amide bonds. The van der Waals surface area contributed by atoms with Gasteiger partial charge >= 0.3 is 0 Å². The van der Waals surface area contributed by atoms with Crippen LogP contribution in [0.5, 0.6) is 0 Å². The molecule has 0 aliphatic rings. The molecule has 0 fully saturated rings. The van der Waals surface area contributed by atoms with Gasteiger partial charge in [-0.3, -0.25) is 9.52 Å². The molecule has 26 heavy (non-hydrogen) atoms. The number of para-hydroxylation sites is 1. The highest BCUT2D eigenvalue weighted by molar-refractivity contribution is 7.92. The quantitative estimate of drug-likeness (QED) is 0.637. The molecular formula is C18H21ClN2O4S. The zero-order valence-corrected chi connectivity index (χ0v) is 15.9. The molecule has 2 N–H and O–H groups in total. The van der Waals surface area contributed by atoms with Gasteiger partial charge in [0.25, 0.3) is 15.9 Å². The summed E-state index contributed by atoms with van der Waals surface area (Å²) in [5, 5.41) is 3.20. The predicted molar refractivity (Wildman–Crippen MR) is 102 cm³/mol. The van der Waals surface area contributed by atoms with Crippen LogP contribution in [0.15, 0.2) is 53.4 Å². The first kappa shape index (κ1) is 20.2. The van der Waals surface area contributed by atoms with Gasteiger partial charge in [-0.2, -0.15) is 0 Å². The van der Waals surface area contributed by atoms with Crippen molar-refractivity contribution in [2.24, 2.45) is 0 Å². The average Bonchev–Trinajstić information content (AvgIpc) is 2.62. The van der Waals surface area contributed by atoms with Crippen molar-refractivity contribution in [2.45, 2.75) is 18.2 Å². The Labute approximate surface area is 158 Å². The lowest BCUT2D eigenvalue weighted by molar-refractivity contribution is 0.0945. The monoisotopic (exact) mass is 396 g/mol. The molecule has 8 heteroatoms. The molecule has 0 aliphatic carbocycles. The molecule has 2 rings (SSSR count). The number of ether oxygens (including phenoxy) is 1. The normalized spacial score (nSPS) is 11.2. The Hall–Kier alpha value is -2.09. The topological polar surface area (TPSA) is 84.5 Å². The highest BCUT2D eigenvalue weighted by Gasteiger charge is 2.18. The van der Waals surface area contributed by atoms with Crippen LogP contribution in [0.1, 0.15) is 23.7 Å². The van der Waals surface area contributed by atoms with Crippen LogP contribution < -0.4 is 10.0 Å². The summed E-state index contributed by atoms with van der Waals surface area (Å²) in [5.74, 6) is -0.351. The Morgan fingerprint density at radius 1 is 1.12 bits per heavy atom. The zero-order chi connectivity index (χ0) is 19.0. The van der Waals surface area contributed by atoms with Crippen molar-refractivity contribution in [3.63, 3.8) is 0 Å². The summed E-state index contributed by atoms with van der Waals surface area (Å²) < 4.78 is 32.7. The predicted octanol–water partition coefficient (Wildman–Crippen LogP) is 3.30. The molecule has 0 saturated heterocycles. The summed E-state index contributed by atoms with van der Waals surface area (Å²) in [6.45, 7) is 3.53. The molecule has 0 aliphatic heterocycles. The Morgan fingerprint density at radius 3 is 2.50 bits per heavy atom. The van der Waals surface area contributed by atoms with Crippen LogP contribution in [0.25, 0.3) is 0 Å². The van der Waals surface area contributed by atoms with Crippen molar-refractivity contribution in [2.75, 3.05) is 24.5 Å². The average molecular weight is 397 g/mol. The van der Waals surface area contributed by atoms with E-state index in [4.69, 9.17) is 16.3 Å². The molecule has 0 heterocycles. The van der Waals surface area contributed by atoms with E-state index >= 15 is 0 Å². The summed E-state index contributed by atoms with van der Waals surface area (Å²) in [5.41, 5.74) is 0.464. The lowest BCUT2D eigenvalue weighted by Gasteiger charge is -2.13. The molecule has 2 aromatic carbocycles. The minimum atomic E-state index is -3.83. The molecular weight excluding hydrogens is 376 g/mol. The molecule has 2 aromatic rings. The highest BCUT2D eigenvalue weighted by Crippen LogP contribution is 2.21. The van der Waals surface area contributed by atoms with Crippen molar-refractivity contribution < 1.29 is 17.9 Å². The fraction of sp³-hybridized carbons (Fsp3) is 0.278. The van der Waals surface area contributed by atoms with Gasteiger partial charge in [-0.25, -0.2) is 8.42 Å². The van der Waals surface area contributed by atoms with Crippen molar-refractivity contribution in [1.29, 1.82) is 0 Å². The molecule has 0 saturated carbocycles. The lowest BCUT2D eigenvalue weighted by atomic mass is 10.1. The minimum Gasteiger partial charge on any atom is -0.382 e. The summed E-state index contributed by atoms with van der Waals surface area (Å²) in [7, 11) is -3.83. The van der Waals surface area contributed by atoms with Gasteiger partial charge in [-0.15, -0.1) is 0 Å². The van der Waals surface area contributed by atoms with E-state index in [9.17, 15) is 13.2 Å². The summed E-state index contributed by atoms with van der Waals surface area (Å²) in [6.07, 6.45) is 0.679. The van der Waals surface area contributed by atoms with E-state index in [1.807, 2.05) is 6.92 Å². The first-order chi connectivity index (χ1) is 12.4. The number of benzene rings is 2. The van der Waals surface area contributed by atoms with Crippen LogP contribution in [-0.2, 0) is 14.8 Å². The zero-order valence-electron chi connectivity index (χ0n) is 14.4. The van der Waals surface area contributed by atoms with Crippen molar-refractivity contribution in [3.8, 4) is 0 Å². The van der Waals surface area contributed by atoms with E-state index in [2.05, 4.69) is 10.0 Å². The first-order valence-electron chi connectivity index (χ1n) is 8.17. The van der Waals surface area contributed by atoms with E-state index in [1.165, 1.54) is 24.3 Å². The third kappa shape index (κ3) is 5.72. The number of anilines is 1. The van der Waals surface area contributed by atoms with Crippen molar-refractivity contribution in [1.82, 2.24) is 5.32 Å². The van der Waals surface area contributed by atoms with E-state index in [1.54, 1.807) is 24.3 Å². The molecule has 0 radical (unpaired) electrons. The van der Waals surface area contributed by atoms with Crippen LogP contribution in [0.4, 0.5) is 5.69 Å². The number of sulfonamides is 1. The van der Waals surface area contributed by atoms with Gasteiger partial charge in [0.05, 0.1) is 16.1 Å².